The molecule has 1 aromatic rings. The Hall–Kier alpha value is -1.44. The summed E-state index contributed by atoms with van der Waals surface area (Å²) < 4.78 is 27.7. The van der Waals surface area contributed by atoms with E-state index in [1.165, 1.54) is 6.92 Å². The summed E-state index contributed by atoms with van der Waals surface area (Å²) in [7, 11) is -3.53. The van der Waals surface area contributed by atoms with Crippen molar-refractivity contribution < 1.29 is 13.2 Å². The molecule has 1 saturated heterocycles. The number of carbonyl (C=O) groups is 1. The first-order chi connectivity index (χ1) is 11.7. The van der Waals surface area contributed by atoms with Crippen LogP contribution in [0.15, 0.2) is 23.1 Å². The van der Waals surface area contributed by atoms with E-state index in [1.807, 2.05) is 13.8 Å². The van der Waals surface area contributed by atoms with Crippen molar-refractivity contribution in [1.82, 2.24) is 4.31 Å². The van der Waals surface area contributed by atoms with Crippen molar-refractivity contribution in [2.45, 2.75) is 57.0 Å². The summed E-state index contributed by atoms with van der Waals surface area (Å²) in [4.78, 5) is 13.9. The third kappa shape index (κ3) is 3.32. The molecule has 2 aliphatic heterocycles. The molecule has 2 aliphatic rings. The normalized spacial score (nSPS) is 25.7. The van der Waals surface area contributed by atoms with E-state index in [2.05, 4.69) is 0 Å². The first-order valence-electron chi connectivity index (χ1n) is 8.90. The lowest BCUT2D eigenvalue weighted by Crippen LogP contribution is -2.44. The minimum absolute atomic E-state index is 0.0111. The van der Waals surface area contributed by atoms with Crippen LogP contribution >= 0.6 is 0 Å². The van der Waals surface area contributed by atoms with Crippen LogP contribution in [0.4, 0.5) is 5.69 Å². The maximum Gasteiger partial charge on any atom is 0.243 e. The number of fused-ring (bicyclic) bond motifs is 1. The van der Waals surface area contributed by atoms with Gasteiger partial charge in [-0.1, -0.05) is 0 Å². The zero-order chi connectivity index (χ0) is 18.4. The van der Waals surface area contributed by atoms with Gasteiger partial charge in [-0.3, -0.25) is 4.79 Å². The minimum Gasteiger partial charge on any atom is -0.328 e. The number of carbonyl (C=O) groups excluding carboxylic acids is 1. The second-order valence-electron chi connectivity index (χ2n) is 7.36. The molecule has 2 N–H and O–H groups in total. The lowest BCUT2D eigenvalue weighted by atomic mass is 9.93. The van der Waals surface area contributed by atoms with Gasteiger partial charge in [-0.2, -0.15) is 4.31 Å². The maximum atomic E-state index is 13.1. The molecule has 0 radical (unpaired) electrons. The van der Waals surface area contributed by atoms with E-state index in [9.17, 15) is 13.2 Å². The van der Waals surface area contributed by atoms with Crippen LogP contribution in [0.25, 0.3) is 0 Å². The van der Waals surface area contributed by atoms with Gasteiger partial charge in [0.2, 0.25) is 15.9 Å². The van der Waals surface area contributed by atoms with E-state index in [4.69, 9.17) is 5.73 Å². The summed E-state index contributed by atoms with van der Waals surface area (Å²) in [5.41, 5.74) is 7.73. The number of rotatable bonds is 3. The zero-order valence-electron chi connectivity index (χ0n) is 15.1. The van der Waals surface area contributed by atoms with Crippen molar-refractivity contribution in [3.05, 3.63) is 23.8 Å². The molecule has 7 heteroatoms. The second kappa shape index (κ2) is 6.70. The summed E-state index contributed by atoms with van der Waals surface area (Å²) >= 11 is 0. The number of sulfonamides is 1. The van der Waals surface area contributed by atoms with E-state index in [-0.39, 0.29) is 23.9 Å². The number of hydrogen-bond acceptors (Lipinski definition) is 4. The van der Waals surface area contributed by atoms with Gasteiger partial charge in [-0.05, 0) is 62.8 Å². The molecule has 0 spiro atoms. The number of piperidine rings is 1. The Bertz CT molecular complexity index is 776. The van der Waals surface area contributed by atoms with Gasteiger partial charge in [0.15, 0.2) is 0 Å². The van der Waals surface area contributed by atoms with Crippen LogP contribution in [0, 0.1) is 5.92 Å². The number of anilines is 1. The van der Waals surface area contributed by atoms with Crippen molar-refractivity contribution in [1.29, 1.82) is 0 Å². The van der Waals surface area contributed by atoms with Crippen LogP contribution in [0.1, 0.15) is 39.2 Å². The Kier molecular flexibility index (Phi) is 4.92. The molecule has 138 valence electrons. The van der Waals surface area contributed by atoms with E-state index < -0.39 is 10.0 Å². The van der Waals surface area contributed by atoms with E-state index in [1.54, 1.807) is 27.4 Å². The smallest absolute Gasteiger partial charge is 0.243 e. The summed E-state index contributed by atoms with van der Waals surface area (Å²) in [6, 6.07) is 5.17. The number of benzene rings is 1. The van der Waals surface area contributed by atoms with E-state index >= 15 is 0 Å². The Morgan fingerprint density at radius 2 is 2.08 bits per heavy atom. The number of hydrogen-bond donors (Lipinski definition) is 1. The second-order valence-corrected chi connectivity index (χ2v) is 9.30. The van der Waals surface area contributed by atoms with Crippen LogP contribution in [0.2, 0.25) is 0 Å². The molecule has 0 aromatic heterocycles. The van der Waals surface area contributed by atoms with Gasteiger partial charge in [0, 0.05) is 37.8 Å². The average Bonchev–Trinajstić information content (AvgIpc) is 2.89. The van der Waals surface area contributed by atoms with Crippen molar-refractivity contribution in [3.8, 4) is 0 Å². The van der Waals surface area contributed by atoms with Gasteiger partial charge >= 0.3 is 0 Å². The summed E-state index contributed by atoms with van der Waals surface area (Å²) in [6.07, 6.45) is 2.49. The largest absolute Gasteiger partial charge is 0.328 e. The molecule has 0 saturated carbocycles. The van der Waals surface area contributed by atoms with E-state index in [0.717, 1.165) is 24.1 Å². The minimum atomic E-state index is -3.53. The van der Waals surface area contributed by atoms with E-state index in [0.29, 0.717) is 24.4 Å². The fraction of sp³-hybridized carbons (Fsp3) is 0.611. The summed E-state index contributed by atoms with van der Waals surface area (Å²) in [5, 5.41) is 0. The summed E-state index contributed by atoms with van der Waals surface area (Å²) in [5.74, 6) is 0.184. The topological polar surface area (TPSA) is 83.7 Å². The quantitative estimate of drug-likeness (QED) is 0.884. The van der Waals surface area contributed by atoms with Gasteiger partial charge < -0.3 is 10.6 Å². The predicted molar refractivity (Wildman–Crippen MR) is 97.9 cm³/mol. The first-order valence-corrected chi connectivity index (χ1v) is 10.3. The van der Waals surface area contributed by atoms with Crippen LogP contribution in [0.5, 0.6) is 0 Å². The van der Waals surface area contributed by atoms with Gasteiger partial charge in [0.25, 0.3) is 0 Å². The van der Waals surface area contributed by atoms with Crippen molar-refractivity contribution in [3.63, 3.8) is 0 Å². The van der Waals surface area contributed by atoms with Gasteiger partial charge in [0.1, 0.15) is 0 Å². The monoisotopic (exact) mass is 365 g/mol. The molecule has 6 nitrogen and oxygen atoms in total. The Morgan fingerprint density at radius 1 is 1.36 bits per heavy atom. The number of nitrogens with zero attached hydrogens (tertiary/aromatic N) is 2. The Balaban J connectivity index is 1.90. The van der Waals surface area contributed by atoms with Crippen molar-refractivity contribution >= 4 is 21.6 Å². The standard InChI is InChI=1S/C18H27N3O3S/c1-12-9-16-10-17(6-7-18(16)21(12)14(3)22)25(23,24)20-8-4-5-15(11-20)13(2)19/h6-7,10,12-13,15H,4-5,8-9,11,19H2,1-3H3. The first kappa shape index (κ1) is 18.4. The van der Waals surface area contributed by atoms with Gasteiger partial charge in [-0.15, -0.1) is 0 Å². The molecule has 0 aliphatic carbocycles. The Morgan fingerprint density at radius 3 is 2.72 bits per heavy atom. The molecule has 3 rings (SSSR count). The molecule has 1 aromatic carbocycles. The lowest BCUT2D eigenvalue weighted by Gasteiger charge is -2.33. The molecule has 3 atom stereocenters. The molecular formula is C18H27N3O3S. The summed E-state index contributed by atoms with van der Waals surface area (Å²) in [6.45, 7) is 6.48. The molecule has 2 heterocycles. The molecule has 25 heavy (non-hydrogen) atoms. The highest BCUT2D eigenvalue weighted by Crippen LogP contribution is 2.35. The highest BCUT2D eigenvalue weighted by Gasteiger charge is 2.34. The van der Waals surface area contributed by atoms with Gasteiger partial charge in [0.05, 0.1) is 4.90 Å². The predicted octanol–water partition coefficient (Wildman–Crippen LogP) is 1.73. The fourth-order valence-electron chi connectivity index (χ4n) is 4.02. The molecule has 3 unspecified atom stereocenters. The molecule has 1 amide bonds. The van der Waals surface area contributed by atoms with Crippen molar-refractivity contribution in [2.24, 2.45) is 11.7 Å². The van der Waals surface area contributed by atoms with Crippen LogP contribution in [0.3, 0.4) is 0 Å². The van der Waals surface area contributed by atoms with Crippen LogP contribution in [-0.4, -0.2) is 43.8 Å². The molecule has 0 bridgehead atoms. The Labute approximate surface area is 150 Å². The zero-order valence-corrected chi connectivity index (χ0v) is 15.9. The molecule has 1 fully saturated rings. The highest BCUT2D eigenvalue weighted by atomic mass is 32.2. The third-order valence-electron chi connectivity index (χ3n) is 5.41. The fourth-order valence-corrected chi connectivity index (χ4v) is 5.60. The maximum absolute atomic E-state index is 13.1. The highest BCUT2D eigenvalue weighted by molar-refractivity contribution is 7.89. The average molecular weight is 365 g/mol. The van der Waals surface area contributed by atoms with Crippen LogP contribution < -0.4 is 10.6 Å². The molecular weight excluding hydrogens is 338 g/mol. The third-order valence-corrected chi connectivity index (χ3v) is 7.27. The SMILES string of the molecule is CC(=O)N1c2ccc(S(=O)(=O)N3CCCC(C(C)N)C3)cc2CC1C. The van der Waals surface area contributed by atoms with Gasteiger partial charge in [-0.25, -0.2) is 8.42 Å². The van der Waals surface area contributed by atoms with Crippen LogP contribution in [-0.2, 0) is 21.2 Å². The number of nitrogens with two attached hydrogens (primary N) is 1. The lowest BCUT2D eigenvalue weighted by molar-refractivity contribution is -0.116. The van der Waals surface area contributed by atoms with Crippen molar-refractivity contribution in [2.75, 3.05) is 18.0 Å². The number of amides is 1.